The van der Waals surface area contributed by atoms with Crippen molar-refractivity contribution >= 4 is 16.6 Å². The number of anilines is 1. The number of aromatic nitrogens is 1. The average Bonchev–Trinajstić information content (AvgIpc) is 2.48. The van der Waals surface area contributed by atoms with Crippen molar-refractivity contribution in [2.24, 2.45) is 0 Å². The Hall–Kier alpha value is -1.61. The van der Waals surface area contributed by atoms with Crippen molar-refractivity contribution in [1.82, 2.24) is 9.88 Å². The molecule has 1 aromatic heterocycles. The molecule has 1 fully saturated rings. The molecule has 1 saturated heterocycles. The molecule has 20 heavy (non-hydrogen) atoms. The monoisotopic (exact) mass is 269 g/mol. The van der Waals surface area contributed by atoms with E-state index in [1.165, 1.54) is 43.1 Å². The number of rotatable bonds is 4. The molecule has 1 N–H and O–H groups in total. The molecule has 3 heteroatoms. The first-order valence-electron chi connectivity index (χ1n) is 7.65. The summed E-state index contributed by atoms with van der Waals surface area (Å²) in [5.74, 6) is 1.01. The fourth-order valence-corrected chi connectivity index (χ4v) is 3.04. The third-order valence-corrected chi connectivity index (χ3v) is 4.04. The van der Waals surface area contributed by atoms with Crippen molar-refractivity contribution in [2.75, 3.05) is 25.0 Å². The fraction of sp³-hybridized carbons (Fsp3) is 0.471. The molecular weight excluding hydrogens is 246 g/mol. The third kappa shape index (κ3) is 3.10. The SMILES string of the molecule is CC(CN1CCCCC1)Nc1nccc2ccccc12. The maximum absolute atomic E-state index is 4.51. The molecule has 3 nitrogen and oxygen atoms in total. The molecule has 0 radical (unpaired) electrons. The zero-order valence-corrected chi connectivity index (χ0v) is 12.2. The van der Waals surface area contributed by atoms with Gasteiger partial charge in [-0.1, -0.05) is 30.7 Å². The molecule has 1 unspecified atom stereocenters. The van der Waals surface area contributed by atoms with Crippen LogP contribution in [0.2, 0.25) is 0 Å². The van der Waals surface area contributed by atoms with Crippen LogP contribution in [0.5, 0.6) is 0 Å². The van der Waals surface area contributed by atoms with Gasteiger partial charge in [-0.25, -0.2) is 4.98 Å². The van der Waals surface area contributed by atoms with Gasteiger partial charge in [-0.2, -0.15) is 0 Å². The van der Waals surface area contributed by atoms with Crippen LogP contribution in [0.25, 0.3) is 10.8 Å². The number of piperidine rings is 1. The van der Waals surface area contributed by atoms with Crippen LogP contribution in [-0.4, -0.2) is 35.6 Å². The summed E-state index contributed by atoms with van der Waals surface area (Å²) in [5.41, 5.74) is 0. The van der Waals surface area contributed by atoms with Crippen LogP contribution in [-0.2, 0) is 0 Å². The van der Waals surface area contributed by atoms with Gasteiger partial charge in [0.25, 0.3) is 0 Å². The van der Waals surface area contributed by atoms with E-state index in [-0.39, 0.29) is 0 Å². The van der Waals surface area contributed by atoms with Crippen LogP contribution >= 0.6 is 0 Å². The Morgan fingerprint density at radius 3 is 2.80 bits per heavy atom. The van der Waals surface area contributed by atoms with Gasteiger partial charge in [0.1, 0.15) is 5.82 Å². The average molecular weight is 269 g/mol. The Labute approximate surface area is 121 Å². The minimum absolute atomic E-state index is 0.423. The van der Waals surface area contributed by atoms with Crippen molar-refractivity contribution in [2.45, 2.75) is 32.2 Å². The van der Waals surface area contributed by atoms with Gasteiger partial charge in [-0.05, 0) is 44.3 Å². The number of likely N-dealkylation sites (tertiary alicyclic amines) is 1. The molecule has 2 aromatic rings. The quantitative estimate of drug-likeness (QED) is 0.920. The molecule has 0 saturated carbocycles. The molecule has 0 bridgehead atoms. The summed E-state index contributed by atoms with van der Waals surface area (Å²) in [7, 11) is 0. The van der Waals surface area contributed by atoms with E-state index < -0.39 is 0 Å². The highest BCUT2D eigenvalue weighted by Crippen LogP contribution is 2.21. The van der Waals surface area contributed by atoms with E-state index in [9.17, 15) is 0 Å². The first-order chi connectivity index (χ1) is 9.83. The number of nitrogens with zero attached hydrogens (tertiary/aromatic N) is 2. The van der Waals surface area contributed by atoms with Gasteiger partial charge >= 0.3 is 0 Å². The summed E-state index contributed by atoms with van der Waals surface area (Å²) in [6.45, 7) is 5.84. The van der Waals surface area contributed by atoms with Crippen molar-refractivity contribution in [3.8, 4) is 0 Å². The summed E-state index contributed by atoms with van der Waals surface area (Å²) in [6.07, 6.45) is 5.97. The zero-order chi connectivity index (χ0) is 13.8. The van der Waals surface area contributed by atoms with Crippen LogP contribution in [0.1, 0.15) is 26.2 Å². The van der Waals surface area contributed by atoms with E-state index >= 15 is 0 Å². The van der Waals surface area contributed by atoms with Crippen LogP contribution in [0.4, 0.5) is 5.82 Å². The molecule has 1 aromatic carbocycles. The lowest BCUT2D eigenvalue weighted by Crippen LogP contribution is -2.38. The normalized spacial score (nSPS) is 18.1. The highest BCUT2D eigenvalue weighted by molar-refractivity contribution is 5.91. The summed E-state index contributed by atoms with van der Waals surface area (Å²) < 4.78 is 0. The number of hydrogen-bond acceptors (Lipinski definition) is 3. The lowest BCUT2D eigenvalue weighted by Gasteiger charge is -2.29. The topological polar surface area (TPSA) is 28.2 Å². The molecule has 0 spiro atoms. The smallest absolute Gasteiger partial charge is 0.134 e. The number of nitrogens with one attached hydrogen (secondary N) is 1. The Kier molecular flexibility index (Phi) is 4.16. The minimum Gasteiger partial charge on any atom is -0.366 e. The van der Waals surface area contributed by atoms with Crippen molar-refractivity contribution in [3.63, 3.8) is 0 Å². The standard InChI is InChI=1S/C17H23N3/c1-14(13-20-11-5-2-6-12-20)19-17-16-8-4-3-7-15(16)9-10-18-17/h3-4,7-10,14H,2,5-6,11-13H2,1H3,(H,18,19). The molecule has 0 amide bonds. The van der Waals surface area contributed by atoms with E-state index in [1.54, 1.807) is 0 Å². The molecule has 1 atom stereocenters. The van der Waals surface area contributed by atoms with E-state index in [1.807, 2.05) is 6.20 Å². The highest BCUT2D eigenvalue weighted by Gasteiger charge is 2.14. The fourth-order valence-electron chi connectivity index (χ4n) is 3.04. The minimum atomic E-state index is 0.423. The largest absolute Gasteiger partial charge is 0.366 e. The molecular formula is C17H23N3. The van der Waals surface area contributed by atoms with Crippen LogP contribution < -0.4 is 5.32 Å². The molecule has 0 aliphatic carbocycles. The van der Waals surface area contributed by atoms with Crippen LogP contribution in [0, 0.1) is 0 Å². The number of benzene rings is 1. The molecule has 3 rings (SSSR count). The van der Waals surface area contributed by atoms with Gasteiger partial charge in [0.2, 0.25) is 0 Å². The summed E-state index contributed by atoms with van der Waals surface area (Å²) in [4.78, 5) is 7.07. The maximum Gasteiger partial charge on any atom is 0.134 e. The van der Waals surface area contributed by atoms with Gasteiger partial charge in [-0.3, -0.25) is 0 Å². The van der Waals surface area contributed by atoms with Gasteiger partial charge in [-0.15, -0.1) is 0 Å². The Bertz CT molecular complexity index is 556. The van der Waals surface area contributed by atoms with Crippen molar-refractivity contribution in [3.05, 3.63) is 36.5 Å². The van der Waals surface area contributed by atoms with E-state index in [4.69, 9.17) is 0 Å². The molecule has 106 valence electrons. The van der Waals surface area contributed by atoms with E-state index in [0.717, 1.165) is 12.4 Å². The van der Waals surface area contributed by atoms with Gasteiger partial charge < -0.3 is 10.2 Å². The second kappa shape index (κ2) is 6.23. The first kappa shape index (κ1) is 13.4. The van der Waals surface area contributed by atoms with Crippen molar-refractivity contribution in [1.29, 1.82) is 0 Å². The van der Waals surface area contributed by atoms with Gasteiger partial charge in [0, 0.05) is 24.2 Å². The van der Waals surface area contributed by atoms with E-state index in [0.29, 0.717) is 6.04 Å². The molecule has 2 heterocycles. The number of hydrogen-bond donors (Lipinski definition) is 1. The Balaban J connectivity index is 1.69. The summed E-state index contributed by atoms with van der Waals surface area (Å²) in [6, 6.07) is 10.9. The predicted molar refractivity (Wildman–Crippen MR) is 85.1 cm³/mol. The van der Waals surface area contributed by atoms with Crippen LogP contribution in [0.15, 0.2) is 36.5 Å². The van der Waals surface area contributed by atoms with Gasteiger partial charge in [0.15, 0.2) is 0 Å². The van der Waals surface area contributed by atoms with E-state index in [2.05, 4.69) is 52.5 Å². The Morgan fingerprint density at radius 2 is 1.95 bits per heavy atom. The summed E-state index contributed by atoms with van der Waals surface area (Å²) in [5, 5.41) is 6.03. The lowest BCUT2D eigenvalue weighted by molar-refractivity contribution is 0.223. The molecule has 1 aliphatic rings. The van der Waals surface area contributed by atoms with Gasteiger partial charge in [0.05, 0.1) is 0 Å². The number of pyridine rings is 1. The Morgan fingerprint density at radius 1 is 1.15 bits per heavy atom. The second-order valence-corrected chi connectivity index (χ2v) is 5.79. The molecule has 1 aliphatic heterocycles. The highest BCUT2D eigenvalue weighted by atomic mass is 15.2. The predicted octanol–water partition coefficient (Wildman–Crippen LogP) is 3.52. The third-order valence-electron chi connectivity index (χ3n) is 4.04. The first-order valence-corrected chi connectivity index (χ1v) is 7.65. The summed E-state index contributed by atoms with van der Waals surface area (Å²) >= 11 is 0. The van der Waals surface area contributed by atoms with Crippen LogP contribution in [0.3, 0.4) is 0 Å². The zero-order valence-electron chi connectivity index (χ0n) is 12.2. The number of fused-ring (bicyclic) bond motifs is 1. The van der Waals surface area contributed by atoms with Crippen molar-refractivity contribution < 1.29 is 0 Å². The second-order valence-electron chi connectivity index (χ2n) is 5.79. The maximum atomic E-state index is 4.51. The lowest BCUT2D eigenvalue weighted by atomic mass is 10.1.